The molecule has 0 heterocycles. The van der Waals surface area contributed by atoms with Crippen LogP contribution >= 0.6 is 0 Å². The van der Waals surface area contributed by atoms with Crippen LogP contribution in [0.1, 0.15) is 13.3 Å². The van der Waals surface area contributed by atoms with E-state index in [-0.39, 0.29) is 0 Å². The van der Waals surface area contributed by atoms with Crippen LogP contribution in [0.5, 0.6) is 0 Å². The monoisotopic (exact) mass is 173 g/mol. The van der Waals surface area contributed by atoms with E-state index in [0.29, 0.717) is 0 Å². The number of hydrogen-bond acceptors (Lipinski definition) is 1. The van der Waals surface area contributed by atoms with Crippen LogP contribution in [0.3, 0.4) is 0 Å². The molecule has 2 N–H and O–H groups in total. The van der Waals surface area contributed by atoms with Gasteiger partial charge in [-0.25, -0.2) is 0 Å². The molecule has 1 heteroatoms. The molecule has 0 saturated heterocycles. The molecule has 68 valence electrons. The number of rotatable bonds is 0. The van der Waals surface area contributed by atoms with Crippen molar-refractivity contribution >= 4 is 0 Å². The van der Waals surface area contributed by atoms with Gasteiger partial charge in [0.15, 0.2) is 0 Å². The molecule has 0 bridgehead atoms. The minimum atomic E-state index is 0.728. The second kappa shape index (κ2) is 4.51. The van der Waals surface area contributed by atoms with Crippen LogP contribution in [-0.2, 0) is 0 Å². The Hall–Kier alpha value is -1.50. The van der Waals surface area contributed by atoms with Gasteiger partial charge >= 0.3 is 0 Å². The third-order valence-corrected chi connectivity index (χ3v) is 1.90. The van der Waals surface area contributed by atoms with Crippen molar-refractivity contribution in [1.82, 2.24) is 0 Å². The predicted molar refractivity (Wildman–Crippen MR) is 58.1 cm³/mol. The van der Waals surface area contributed by atoms with Gasteiger partial charge in [-0.05, 0) is 25.0 Å². The quantitative estimate of drug-likeness (QED) is 0.599. The molecule has 1 aliphatic carbocycles. The van der Waals surface area contributed by atoms with Crippen molar-refractivity contribution in [2.45, 2.75) is 13.3 Å². The van der Waals surface area contributed by atoms with Crippen LogP contribution in [0, 0.1) is 0 Å². The van der Waals surface area contributed by atoms with Crippen molar-refractivity contribution in [3.63, 3.8) is 0 Å². The van der Waals surface area contributed by atoms with E-state index in [2.05, 4.69) is 19.6 Å². The van der Waals surface area contributed by atoms with Gasteiger partial charge < -0.3 is 5.73 Å². The zero-order valence-corrected chi connectivity index (χ0v) is 7.96. The number of nitrogens with two attached hydrogens (primary N) is 1. The summed E-state index contributed by atoms with van der Waals surface area (Å²) < 4.78 is 0. The molecule has 0 amide bonds. The summed E-state index contributed by atoms with van der Waals surface area (Å²) in [6.07, 6.45) is 12.9. The molecule has 0 aromatic rings. The normalized spacial score (nSPS) is 31.0. The molecule has 13 heavy (non-hydrogen) atoms. The third-order valence-electron chi connectivity index (χ3n) is 1.90. The SMILES string of the molecule is C=C1/C=C\C=C/C/C(C)=C\C=C/1N. The summed E-state index contributed by atoms with van der Waals surface area (Å²) in [5.74, 6) is 0. The maximum absolute atomic E-state index is 5.77. The van der Waals surface area contributed by atoms with E-state index in [0.717, 1.165) is 17.7 Å². The largest absolute Gasteiger partial charge is 0.398 e. The minimum absolute atomic E-state index is 0.728. The van der Waals surface area contributed by atoms with E-state index in [1.807, 2.05) is 30.4 Å². The highest BCUT2D eigenvalue weighted by Gasteiger charge is 1.92. The van der Waals surface area contributed by atoms with Crippen LogP contribution in [0.25, 0.3) is 0 Å². The maximum Gasteiger partial charge on any atom is 0.0381 e. The van der Waals surface area contributed by atoms with Crippen molar-refractivity contribution < 1.29 is 0 Å². The van der Waals surface area contributed by atoms with E-state index < -0.39 is 0 Å². The fourth-order valence-electron chi connectivity index (χ4n) is 1.01. The second-order valence-electron chi connectivity index (χ2n) is 3.15. The van der Waals surface area contributed by atoms with E-state index >= 15 is 0 Å². The van der Waals surface area contributed by atoms with Gasteiger partial charge in [-0.3, -0.25) is 0 Å². The summed E-state index contributed by atoms with van der Waals surface area (Å²) >= 11 is 0. The summed E-state index contributed by atoms with van der Waals surface area (Å²) in [4.78, 5) is 0. The lowest BCUT2D eigenvalue weighted by atomic mass is 10.1. The van der Waals surface area contributed by atoms with E-state index in [4.69, 9.17) is 5.73 Å². The number of hydrogen-bond donors (Lipinski definition) is 1. The fraction of sp³-hybridized carbons (Fsp3) is 0.167. The Morgan fingerprint density at radius 3 is 2.85 bits per heavy atom. The summed E-state index contributed by atoms with van der Waals surface area (Å²) in [7, 11) is 0. The first kappa shape index (κ1) is 9.59. The summed E-state index contributed by atoms with van der Waals surface area (Å²) in [6, 6.07) is 0. The van der Waals surface area contributed by atoms with Crippen LogP contribution < -0.4 is 5.73 Å². The minimum Gasteiger partial charge on any atom is -0.398 e. The first-order valence-corrected chi connectivity index (χ1v) is 4.35. The molecule has 1 rings (SSSR count). The summed E-state index contributed by atoms with van der Waals surface area (Å²) in [5, 5.41) is 0. The third kappa shape index (κ3) is 3.16. The Kier molecular flexibility index (Phi) is 3.32. The van der Waals surface area contributed by atoms with Gasteiger partial charge in [-0.15, -0.1) is 0 Å². The van der Waals surface area contributed by atoms with Gasteiger partial charge in [0.2, 0.25) is 0 Å². The molecular weight excluding hydrogens is 158 g/mol. The van der Waals surface area contributed by atoms with Gasteiger partial charge in [0.1, 0.15) is 0 Å². The molecule has 0 spiro atoms. The highest BCUT2D eigenvalue weighted by molar-refractivity contribution is 5.39. The van der Waals surface area contributed by atoms with Crippen molar-refractivity contribution in [2.75, 3.05) is 0 Å². The van der Waals surface area contributed by atoms with Gasteiger partial charge in [0.25, 0.3) is 0 Å². The average molecular weight is 173 g/mol. The van der Waals surface area contributed by atoms with Gasteiger partial charge in [0, 0.05) is 5.70 Å². The fourth-order valence-corrected chi connectivity index (χ4v) is 1.01. The van der Waals surface area contributed by atoms with Crippen molar-refractivity contribution in [3.8, 4) is 0 Å². The molecule has 0 aromatic carbocycles. The average Bonchev–Trinajstić information content (AvgIpc) is 2.12. The highest BCUT2D eigenvalue weighted by Crippen LogP contribution is 2.08. The lowest BCUT2D eigenvalue weighted by molar-refractivity contribution is 1.20. The molecule has 0 radical (unpaired) electrons. The van der Waals surface area contributed by atoms with Gasteiger partial charge in [-0.1, -0.05) is 42.5 Å². The zero-order valence-electron chi connectivity index (χ0n) is 7.96. The Morgan fingerprint density at radius 2 is 2.08 bits per heavy atom. The summed E-state index contributed by atoms with van der Waals surface area (Å²) in [6.45, 7) is 5.94. The Bertz CT molecular complexity index is 314. The molecule has 1 nitrogen and oxygen atoms in total. The standard InChI is InChI=1S/C12H15N/c1-10-6-4-3-5-7-11(2)12(13)9-8-10/h3-5,7-9H,2,6,13H2,1H3/b4-3-,7-5-,10-8-,12-9+. The zero-order chi connectivity index (χ0) is 9.68. The summed E-state index contributed by atoms with van der Waals surface area (Å²) in [5.41, 5.74) is 8.65. The van der Waals surface area contributed by atoms with Crippen LogP contribution in [-0.4, -0.2) is 0 Å². The topological polar surface area (TPSA) is 26.0 Å². The maximum atomic E-state index is 5.77. The lowest BCUT2D eigenvalue weighted by Gasteiger charge is -2.00. The molecule has 0 fully saturated rings. The first-order chi connectivity index (χ1) is 6.20. The smallest absolute Gasteiger partial charge is 0.0381 e. The van der Waals surface area contributed by atoms with Crippen LogP contribution in [0.4, 0.5) is 0 Å². The molecule has 1 aliphatic rings. The highest BCUT2D eigenvalue weighted by atomic mass is 14.6. The Labute approximate surface area is 79.6 Å². The number of allylic oxidation sites excluding steroid dienone is 7. The van der Waals surface area contributed by atoms with E-state index in [9.17, 15) is 0 Å². The van der Waals surface area contributed by atoms with Crippen molar-refractivity contribution in [1.29, 1.82) is 0 Å². The van der Waals surface area contributed by atoms with Gasteiger partial charge in [0.05, 0.1) is 0 Å². The van der Waals surface area contributed by atoms with Crippen LogP contribution in [0.15, 0.2) is 59.9 Å². The molecule has 0 unspecified atom stereocenters. The first-order valence-electron chi connectivity index (χ1n) is 4.35. The van der Waals surface area contributed by atoms with Crippen LogP contribution in [0.2, 0.25) is 0 Å². The Balaban J connectivity index is 2.93. The second-order valence-corrected chi connectivity index (χ2v) is 3.15. The van der Waals surface area contributed by atoms with Crippen molar-refractivity contribution in [2.24, 2.45) is 5.73 Å². The molecular formula is C12H15N. The molecule has 0 aliphatic heterocycles. The van der Waals surface area contributed by atoms with E-state index in [1.165, 1.54) is 5.57 Å². The Morgan fingerprint density at radius 1 is 1.31 bits per heavy atom. The lowest BCUT2D eigenvalue weighted by Crippen LogP contribution is -1.97. The van der Waals surface area contributed by atoms with E-state index in [1.54, 1.807) is 0 Å². The predicted octanol–water partition coefficient (Wildman–Crippen LogP) is 2.85. The molecule has 0 saturated carbocycles. The van der Waals surface area contributed by atoms with Crippen molar-refractivity contribution in [3.05, 3.63) is 59.9 Å². The molecule has 0 aromatic heterocycles. The molecule has 0 atom stereocenters. The van der Waals surface area contributed by atoms with Gasteiger partial charge in [-0.2, -0.15) is 0 Å².